The van der Waals surface area contributed by atoms with Crippen LogP contribution in [-0.4, -0.2) is 59.8 Å². The first kappa shape index (κ1) is 16.8. The first-order valence-corrected chi connectivity index (χ1v) is 8.70. The maximum Gasteiger partial charge on any atom is 0.234 e. The molecule has 0 saturated carbocycles. The van der Waals surface area contributed by atoms with Crippen LogP contribution in [0.2, 0.25) is 0 Å². The van der Waals surface area contributed by atoms with Crippen molar-refractivity contribution in [3.63, 3.8) is 0 Å². The van der Waals surface area contributed by atoms with E-state index in [0.29, 0.717) is 18.3 Å². The van der Waals surface area contributed by atoms with Crippen molar-refractivity contribution in [3.05, 3.63) is 0 Å². The normalized spacial score (nSPS) is 11.4. The number of aliphatic imine (C=N–C) groups is 2. The van der Waals surface area contributed by atoms with E-state index in [4.69, 9.17) is 0 Å². The number of nitrogens with zero attached hydrogens (tertiary/aromatic N) is 2. The van der Waals surface area contributed by atoms with Crippen LogP contribution in [0.15, 0.2) is 9.98 Å². The fourth-order valence-corrected chi connectivity index (χ4v) is 4.41. The molecule has 0 amide bonds. The topological polar surface area (TPSA) is 58.9 Å². The van der Waals surface area contributed by atoms with Gasteiger partial charge in [0, 0.05) is 28.3 Å². The van der Waals surface area contributed by atoms with Gasteiger partial charge in [0.05, 0.1) is 13.1 Å². The standard InChI is InChI=1S/C10H16N2O2S3/c1-15-6-10(17-5-3-12-9-14)7-16-4-2-11-8-13/h10H,2-7H2,1H3. The van der Waals surface area contributed by atoms with Gasteiger partial charge in [0.2, 0.25) is 12.2 Å². The third kappa shape index (κ3) is 12.1. The largest absolute Gasteiger partial charge is 0.234 e. The second-order valence-electron chi connectivity index (χ2n) is 2.97. The minimum atomic E-state index is 0.541. The lowest BCUT2D eigenvalue weighted by Gasteiger charge is -2.13. The van der Waals surface area contributed by atoms with Gasteiger partial charge in [-0.2, -0.15) is 35.3 Å². The van der Waals surface area contributed by atoms with E-state index in [1.165, 1.54) is 6.08 Å². The van der Waals surface area contributed by atoms with Gasteiger partial charge in [-0.05, 0) is 6.26 Å². The number of hydrogen-bond acceptors (Lipinski definition) is 7. The van der Waals surface area contributed by atoms with Crippen LogP contribution in [0.1, 0.15) is 0 Å². The van der Waals surface area contributed by atoms with Gasteiger partial charge in [-0.25, -0.2) is 19.6 Å². The first-order valence-electron chi connectivity index (χ1n) is 5.10. The summed E-state index contributed by atoms with van der Waals surface area (Å²) in [6.45, 7) is 1.08. The van der Waals surface area contributed by atoms with Crippen LogP contribution < -0.4 is 0 Å². The third-order valence-corrected chi connectivity index (χ3v) is 5.18. The molecule has 1 atom stereocenters. The molecule has 0 heterocycles. The number of carbonyl (C=O) groups excluding carboxylic acids is 2. The van der Waals surface area contributed by atoms with Crippen molar-refractivity contribution in [2.45, 2.75) is 5.25 Å². The van der Waals surface area contributed by atoms with Gasteiger partial charge < -0.3 is 0 Å². The van der Waals surface area contributed by atoms with Crippen LogP contribution in [0.4, 0.5) is 0 Å². The number of hydrogen-bond donors (Lipinski definition) is 0. The van der Waals surface area contributed by atoms with Gasteiger partial charge in [0.25, 0.3) is 0 Å². The lowest BCUT2D eigenvalue weighted by molar-refractivity contribution is 0.562. The molecule has 0 bridgehead atoms. The summed E-state index contributed by atoms with van der Waals surface area (Å²) in [4.78, 5) is 26.8. The molecule has 0 aromatic carbocycles. The summed E-state index contributed by atoms with van der Waals surface area (Å²) < 4.78 is 0. The molecule has 4 nitrogen and oxygen atoms in total. The quantitative estimate of drug-likeness (QED) is 0.330. The predicted molar refractivity (Wildman–Crippen MR) is 77.9 cm³/mol. The molecule has 1 unspecified atom stereocenters. The van der Waals surface area contributed by atoms with E-state index >= 15 is 0 Å². The molecular weight excluding hydrogens is 276 g/mol. The van der Waals surface area contributed by atoms with E-state index in [0.717, 1.165) is 23.0 Å². The maximum absolute atomic E-state index is 9.90. The Hall–Kier alpha value is -0.190. The summed E-state index contributed by atoms with van der Waals surface area (Å²) in [5.41, 5.74) is 0. The Kier molecular flexibility index (Phi) is 13.7. The second kappa shape index (κ2) is 13.9. The highest BCUT2D eigenvalue weighted by atomic mass is 32.2. The average molecular weight is 292 g/mol. The molecule has 7 heteroatoms. The Balaban J connectivity index is 3.65. The smallest absolute Gasteiger partial charge is 0.211 e. The Labute approximate surface area is 115 Å². The van der Waals surface area contributed by atoms with Crippen LogP contribution >= 0.6 is 35.3 Å². The molecule has 96 valence electrons. The lowest BCUT2D eigenvalue weighted by Crippen LogP contribution is -2.12. The van der Waals surface area contributed by atoms with Crippen molar-refractivity contribution < 1.29 is 9.59 Å². The second-order valence-corrected chi connectivity index (χ2v) is 6.44. The third-order valence-electron chi connectivity index (χ3n) is 1.69. The molecular formula is C10H16N2O2S3. The van der Waals surface area contributed by atoms with E-state index < -0.39 is 0 Å². The summed E-state index contributed by atoms with van der Waals surface area (Å²) >= 11 is 5.43. The summed E-state index contributed by atoms with van der Waals surface area (Å²) in [5, 5.41) is 0.553. The summed E-state index contributed by atoms with van der Waals surface area (Å²) in [7, 11) is 0. The van der Waals surface area contributed by atoms with Crippen molar-refractivity contribution in [1.82, 2.24) is 0 Å². The zero-order valence-corrected chi connectivity index (χ0v) is 12.2. The highest BCUT2D eigenvalue weighted by Crippen LogP contribution is 2.19. The predicted octanol–water partition coefficient (Wildman–Crippen LogP) is 1.86. The summed E-state index contributed by atoms with van der Waals surface area (Å²) in [5.74, 6) is 3.82. The van der Waals surface area contributed by atoms with Crippen molar-refractivity contribution in [3.8, 4) is 0 Å². The van der Waals surface area contributed by atoms with E-state index in [1.807, 2.05) is 23.5 Å². The van der Waals surface area contributed by atoms with Gasteiger partial charge in [-0.3, -0.25) is 0 Å². The molecule has 0 aliphatic rings. The Morgan fingerprint density at radius 2 is 1.71 bits per heavy atom. The molecule has 0 saturated heterocycles. The molecule has 0 radical (unpaired) electrons. The maximum atomic E-state index is 9.90. The highest BCUT2D eigenvalue weighted by molar-refractivity contribution is 8.05. The number of isocyanates is 2. The molecule has 0 aromatic heterocycles. The van der Waals surface area contributed by atoms with Crippen molar-refractivity contribution >= 4 is 47.4 Å². The Morgan fingerprint density at radius 1 is 1.06 bits per heavy atom. The summed E-state index contributed by atoms with van der Waals surface area (Å²) in [6.07, 6.45) is 5.16. The van der Waals surface area contributed by atoms with E-state index in [-0.39, 0.29) is 0 Å². The molecule has 17 heavy (non-hydrogen) atoms. The van der Waals surface area contributed by atoms with Crippen LogP contribution in [0, 0.1) is 0 Å². The van der Waals surface area contributed by atoms with Gasteiger partial charge in [-0.15, -0.1) is 0 Å². The van der Waals surface area contributed by atoms with Crippen LogP contribution in [0.5, 0.6) is 0 Å². The number of rotatable bonds is 11. The molecule has 0 aliphatic heterocycles. The SMILES string of the molecule is CSCC(CSCCN=C=O)SCCN=C=O. The van der Waals surface area contributed by atoms with Crippen molar-refractivity contribution in [2.75, 3.05) is 42.4 Å². The van der Waals surface area contributed by atoms with E-state index in [9.17, 15) is 9.59 Å². The zero-order chi connectivity index (χ0) is 12.8. The van der Waals surface area contributed by atoms with Crippen molar-refractivity contribution in [1.29, 1.82) is 0 Å². The first-order chi connectivity index (χ1) is 8.35. The van der Waals surface area contributed by atoms with Gasteiger partial charge in [-0.1, -0.05) is 0 Å². The van der Waals surface area contributed by atoms with Crippen molar-refractivity contribution in [2.24, 2.45) is 9.98 Å². The average Bonchev–Trinajstić information content (AvgIpc) is 2.34. The van der Waals surface area contributed by atoms with Crippen LogP contribution in [0.25, 0.3) is 0 Å². The lowest BCUT2D eigenvalue weighted by atomic mass is 10.5. The molecule has 0 N–H and O–H groups in total. The minimum absolute atomic E-state index is 0.541. The Bertz CT molecular complexity index is 277. The molecule has 0 spiro atoms. The van der Waals surface area contributed by atoms with Gasteiger partial charge >= 0.3 is 0 Å². The molecule has 0 aliphatic carbocycles. The van der Waals surface area contributed by atoms with E-state index in [2.05, 4.69) is 16.2 Å². The van der Waals surface area contributed by atoms with Gasteiger partial charge in [0.1, 0.15) is 0 Å². The summed E-state index contributed by atoms with van der Waals surface area (Å²) in [6, 6.07) is 0. The fraction of sp³-hybridized carbons (Fsp3) is 0.800. The van der Waals surface area contributed by atoms with Crippen LogP contribution in [-0.2, 0) is 9.59 Å². The van der Waals surface area contributed by atoms with Crippen LogP contribution in [0.3, 0.4) is 0 Å². The minimum Gasteiger partial charge on any atom is -0.211 e. The molecule has 0 rings (SSSR count). The number of thioether (sulfide) groups is 3. The van der Waals surface area contributed by atoms with Gasteiger partial charge in [0.15, 0.2) is 0 Å². The fourth-order valence-electron chi connectivity index (χ4n) is 1.01. The molecule has 0 fully saturated rings. The van der Waals surface area contributed by atoms with E-state index in [1.54, 1.807) is 17.8 Å². The monoisotopic (exact) mass is 292 g/mol. The Morgan fingerprint density at radius 3 is 2.29 bits per heavy atom. The zero-order valence-electron chi connectivity index (χ0n) is 9.76. The highest BCUT2D eigenvalue weighted by Gasteiger charge is 2.08. The molecule has 0 aromatic rings.